The molecular weight excluding hydrogens is 248 g/mol. The smallest absolute Gasteiger partial charge is 0.119 e. The van der Waals surface area contributed by atoms with Crippen LogP contribution in [0, 0.1) is 5.92 Å². The van der Waals surface area contributed by atoms with Crippen molar-refractivity contribution in [1.82, 2.24) is 0 Å². The maximum absolute atomic E-state index is 10.3. The van der Waals surface area contributed by atoms with E-state index in [9.17, 15) is 5.11 Å². The van der Waals surface area contributed by atoms with E-state index in [0.29, 0.717) is 0 Å². The summed E-state index contributed by atoms with van der Waals surface area (Å²) in [4.78, 5) is 0. The highest BCUT2D eigenvalue weighted by atomic mass is 16.5. The summed E-state index contributed by atoms with van der Waals surface area (Å²) in [6.07, 6.45) is 5.38. The van der Waals surface area contributed by atoms with Gasteiger partial charge in [-0.3, -0.25) is 0 Å². The Kier molecular flexibility index (Phi) is 3.93. The van der Waals surface area contributed by atoms with E-state index >= 15 is 0 Å². The van der Waals surface area contributed by atoms with Crippen LogP contribution in [0.3, 0.4) is 0 Å². The van der Waals surface area contributed by atoms with Gasteiger partial charge in [-0.25, -0.2) is 0 Å². The van der Waals surface area contributed by atoms with Crippen LogP contribution in [-0.4, -0.2) is 18.3 Å². The third-order valence-electron chi connectivity index (χ3n) is 4.47. The molecule has 0 heterocycles. The molecule has 20 heavy (non-hydrogen) atoms. The first kappa shape index (κ1) is 13.4. The molecule has 1 unspecified atom stereocenters. The lowest BCUT2D eigenvalue weighted by Gasteiger charge is -2.27. The fraction of sp³-hybridized carbons (Fsp3) is 0.444. The molecule has 1 saturated carbocycles. The first-order valence-corrected chi connectivity index (χ1v) is 7.50. The lowest BCUT2D eigenvalue weighted by Crippen LogP contribution is -2.21. The molecule has 0 spiro atoms. The second kappa shape index (κ2) is 5.84. The van der Waals surface area contributed by atoms with Gasteiger partial charge in [0.05, 0.1) is 13.2 Å². The number of fused-ring (bicyclic) bond motifs is 1. The molecule has 0 saturated heterocycles. The van der Waals surface area contributed by atoms with Crippen molar-refractivity contribution in [3.05, 3.63) is 42.0 Å². The first-order chi connectivity index (χ1) is 9.76. The van der Waals surface area contributed by atoms with Crippen molar-refractivity contribution in [1.29, 1.82) is 0 Å². The van der Waals surface area contributed by atoms with Crippen LogP contribution in [0.15, 0.2) is 36.4 Å². The normalized spacial score (nSPS) is 16.9. The number of rotatable bonds is 5. The second-order valence-corrected chi connectivity index (χ2v) is 5.89. The van der Waals surface area contributed by atoms with Crippen molar-refractivity contribution in [2.24, 2.45) is 5.92 Å². The van der Waals surface area contributed by atoms with Gasteiger partial charge in [-0.1, -0.05) is 43.5 Å². The zero-order chi connectivity index (χ0) is 13.9. The molecule has 2 heteroatoms. The van der Waals surface area contributed by atoms with Gasteiger partial charge in [-0.15, -0.1) is 0 Å². The molecule has 1 aliphatic rings. The molecule has 0 bridgehead atoms. The fourth-order valence-electron chi connectivity index (χ4n) is 3.07. The van der Waals surface area contributed by atoms with E-state index in [1.807, 2.05) is 6.07 Å². The highest BCUT2D eigenvalue weighted by Crippen LogP contribution is 2.32. The quantitative estimate of drug-likeness (QED) is 0.891. The van der Waals surface area contributed by atoms with Gasteiger partial charge in [0.1, 0.15) is 5.75 Å². The van der Waals surface area contributed by atoms with Crippen LogP contribution in [0.1, 0.15) is 31.2 Å². The van der Waals surface area contributed by atoms with E-state index < -0.39 is 0 Å². The van der Waals surface area contributed by atoms with Gasteiger partial charge in [-0.2, -0.15) is 0 Å². The number of methoxy groups -OCH3 is 1. The van der Waals surface area contributed by atoms with Crippen molar-refractivity contribution < 1.29 is 9.84 Å². The van der Waals surface area contributed by atoms with Gasteiger partial charge in [0, 0.05) is 0 Å². The average Bonchev–Trinajstić information content (AvgIpc) is 2.43. The van der Waals surface area contributed by atoms with Crippen LogP contribution in [0.2, 0.25) is 0 Å². The van der Waals surface area contributed by atoms with Gasteiger partial charge in [0.2, 0.25) is 0 Å². The third-order valence-corrected chi connectivity index (χ3v) is 4.47. The van der Waals surface area contributed by atoms with Gasteiger partial charge in [-0.05, 0) is 47.2 Å². The van der Waals surface area contributed by atoms with Crippen LogP contribution >= 0.6 is 0 Å². The van der Waals surface area contributed by atoms with E-state index in [2.05, 4.69) is 30.3 Å². The SMILES string of the molecule is COc1ccc2cccc(CC(O)CC3CCC3)c2c1. The van der Waals surface area contributed by atoms with E-state index in [1.54, 1.807) is 7.11 Å². The Morgan fingerprint density at radius 2 is 2.10 bits per heavy atom. The largest absolute Gasteiger partial charge is 0.497 e. The van der Waals surface area contributed by atoms with Crippen LogP contribution in [-0.2, 0) is 6.42 Å². The zero-order valence-corrected chi connectivity index (χ0v) is 12.0. The van der Waals surface area contributed by atoms with Crippen molar-refractivity contribution in [3.8, 4) is 5.75 Å². The zero-order valence-electron chi connectivity index (χ0n) is 12.0. The van der Waals surface area contributed by atoms with Crippen LogP contribution < -0.4 is 4.74 Å². The molecular formula is C18H22O2. The minimum atomic E-state index is -0.225. The molecule has 1 N–H and O–H groups in total. The molecule has 0 aliphatic heterocycles. The van der Waals surface area contributed by atoms with Crippen LogP contribution in [0.25, 0.3) is 10.8 Å². The summed E-state index contributed by atoms with van der Waals surface area (Å²) in [6, 6.07) is 12.4. The number of hydrogen-bond donors (Lipinski definition) is 1. The first-order valence-electron chi connectivity index (χ1n) is 7.50. The molecule has 0 amide bonds. The number of aliphatic hydroxyl groups excluding tert-OH is 1. The van der Waals surface area contributed by atoms with E-state index in [0.717, 1.165) is 24.5 Å². The molecule has 2 aromatic carbocycles. The van der Waals surface area contributed by atoms with Gasteiger partial charge >= 0.3 is 0 Å². The Morgan fingerprint density at radius 1 is 1.25 bits per heavy atom. The predicted molar refractivity (Wildman–Crippen MR) is 82.2 cm³/mol. The summed E-state index contributed by atoms with van der Waals surface area (Å²) >= 11 is 0. The predicted octanol–water partition coefficient (Wildman–Crippen LogP) is 3.94. The molecule has 1 fully saturated rings. The maximum atomic E-state index is 10.3. The van der Waals surface area contributed by atoms with Crippen LogP contribution in [0.5, 0.6) is 5.75 Å². The Balaban J connectivity index is 1.82. The Hall–Kier alpha value is -1.54. The molecule has 0 radical (unpaired) electrons. The molecule has 1 atom stereocenters. The summed E-state index contributed by atoms with van der Waals surface area (Å²) in [7, 11) is 1.69. The Labute approximate surface area is 120 Å². The molecule has 2 aromatic rings. The summed E-state index contributed by atoms with van der Waals surface area (Å²) in [5.74, 6) is 1.62. The lowest BCUT2D eigenvalue weighted by atomic mass is 9.80. The second-order valence-electron chi connectivity index (χ2n) is 5.89. The van der Waals surface area contributed by atoms with E-state index in [1.165, 1.54) is 35.6 Å². The number of aliphatic hydroxyl groups is 1. The number of benzene rings is 2. The maximum Gasteiger partial charge on any atom is 0.119 e. The van der Waals surface area contributed by atoms with Crippen LogP contribution in [0.4, 0.5) is 0 Å². The summed E-state index contributed by atoms with van der Waals surface area (Å²) in [6.45, 7) is 0. The lowest BCUT2D eigenvalue weighted by molar-refractivity contribution is 0.118. The Bertz CT molecular complexity index is 587. The summed E-state index contributed by atoms with van der Waals surface area (Å²) in [5, 5.41) is 12.7. The van der Waals surface area contributed by atoms with E-state index in [-0.39, 0.29) is 6.10 Å². The topological polar surface area (TPSA) is 29.5 Å². The van der Waals surface area contributed by atoms with Crippen molar-refractivity contribution >= 4 is 10.8 Å². The van der Waals surface area contributed by atoms with Gasteiger partial charge < -0.3 is 9.84 Å². The van der Waals surface area contributed by atoms with Crippen molar-refractivity contribution in [2.45, 2.75) is 38.2 Å². The summed E-state index contributed by atoms with van der Waals surface area (Å²) < 4.78 is 5.31. The third kappa shape index (κ3) is 2.80. The minimum absolute atomic E-state index is 0.225. The minimum Gasteiger partial charge on any atom is -0.497 e. The molecule has 1 aliphatic carbocycles. The fourth-order valence-corrected chi connectivity index (χ4v) is 3.07. The standard InChI is InChI=1S/C18H22O2/c1-20-17-9-8-14-6-3-7-15(18(14)12-17)11-16(19)10-13-4-2-5-13/h3,6-9,12-13,16,19H,2,4-5,10-11H2,1H3. The number of hydrogen-bond acceptors (Lipinski definition) is 2. The van der Waals surface area contributed by atoms with Gasteiger partial charge in [0.15, 0.2) is 0 Å². The molecule has 2 nitrogen and oxygen atoms in total. The average molecular weight is 270 g/mol. The summed E-state index contributed by atoms with van der Waals surface area (Å²) in [5.41, 5.74) is 1.22. The Morgan fingerprint density at radius 3 is 2.80 bits per heavy atom. The van der Waals surface area contributed by atoms with E-state index in [4.69, 9.17) is 4.74 Å². The highest BCUT2D eigenvalue weighted by molar-refractivity contribution is 5.87. The molecule has 106 valence electrons. The monoisotopic (exact) mass is 270 g/mol. The number of ether oxygens (including phenoxy) is 1. The van der Waals surface area contributed by atoms with Gasteiger partial charge in [0.25, 0.3) is 0 Å². The van der Waals surface area contributed by atoms with Crippen molar-refractivity contribution in [3.63, 3.8) is 0 Å². The van der Waals surface area contributed by atoms with Crippen molar-refractivity contribution in [2.75, 3.05) is 7.11 Å². The highest BCUT2D eigenvalue weighted by Gasteiger charge is 2.21. The molecule has 3 rings (SSSR count). The molecule has 0 aromatic heterocycles.